The first-order valence-electron chi connectivity index (χ1n) is 4.76. The Bertz CT molecular complexity index is 596. The fourth-order valence-electron chi connectivity index (χ4n) is 1.38. The third-order valence-electron chi connectivity index (χ3n) is 2.15. The van der Waals surface area contributed by atoms with Crippen molar-refractivity contribution < 1.29 is 21.9 Å². The zero-order valence-corrected chi connectivity index (χ0v) is 10.7. The molecule has 1 aromatic rings. The number of benzene rings is 1. The molecule has 0 aliphatic carbocycles. The van der Waals surface area contributed by atoms with Crippen LogP contribution in [0.4, 0.5) is 8.78 Å². The lowest BCUT2D eigenvalue weighted by Gasteiger charge is -2.11. The monoisotopic (exact) mass is 295 g/mol. The Hall–Kier alpha value is -1.39. The third-order valence-corrected chi connectivity index (χ3v) is 3.49. The summed E-state index contributed by atoms with van der Waals surface area (Å²) in [6.45, 7) is -1.52. The van der Waals surface area contributed by atoms with E-state index in [4.69, 9.17) is 15.9 Å². The zero-order valence-electron chi connectivity index (χ0n) is 9.15. The van der Waals surface area contributed by atoms with Crippen molar-refractivity contribution in [2.75, 3.05) is 0 Å². The van der Waals surface area contributed by atoms with Gasteiger partial charge in [-0.25, -0.2) is 8.42 Å². The van der Waals surface area contributed by atoms with Gasteiger partial charge in [0, 0.05) is 10.7 Å². The SMILES string of the molecule is CCc1cc(S(=O)(=O)Cl)c(OC(F)F)cc1C#N. The lowest BCUT2D eigenvalue weighted by Crippen LogP contribution is -2.07. The summed E-state index contributed by atoms with van der Waals surface area (Å²) in [6.07, 6.45) is 0.358. The number of hydrogen-bond donors (Lipinski definition) is 0. The van der Waals surface area contributed by atoms with Gasteiger partial charge in [-0.05, 0) is 24.1 Å². The molecule has 0 amide bonds. The molecule has 0 unspecified atom stereocenters. The van der Waals surface area contributed by atoms with Gasteiger partial charge in [-0.1, -0.05) is 6.92 Å². The zero-order chi connectivity index (χ0) is 13.9. The summed E-state index contributed by atoms with van der Waals surface area (Å²) in [4.78, 5) is -0.569. The Kier molecular flexibility index (Phi) is 4.48. The molecule has 0 aliphatic heterocycles. The van der Waals surface area contributed by atoms with Gasteiger partial charge in [0.25, 0.3) is 9.05 Å². The van der Waals surface area contributed by atoms with E-state index in [-0.39, 0.29) is 5.56 Å². The highest BCUT2D eigenvalue weighted by Crippen LogP contribution is 2.31. The minimum Gasteiger partial charge on any atom is -0.433 e. The standard InChI is InChI=1S/C10H8ClF2NO3S/c1-2-6-4-9(18(11,15)16)8(17-10(12)13)3-7(6)5-14/h3-4,10H,2H2,1H3. The number of rotatable bonds is 4. The average Bonchev–Trinajstić information content (AvgIpc) is 2.26. The molecule has 98 valence electrons. The van der Waals surface area contributed by atoms with E-state index in [1.807, 2.05) is 0 Å². The number of hydrogen-bond acceptors (Lipinski definition) is 4. The van der Waals surface area contributed by atoms with Crippen molar-refractivity contribution >= 4 is 19.7 Å². The largest absolute Gasteiger partial charge is 0.433 e. The van der Waals surface area contributed by atoms with Crippen LogP contribution in [0.2, 0.25) is 0 Å². The van der Waals surface area contributed by atoms with Gasteiger partial charge in [-0.15, -0.1) is 0 Å². The molecule has 8 heteroatoms. The Labute approximate surface area is 107 Å². The Balaban J connectivity index is 3.52. The average molecular weight is 296 g/mol. The van der Waals surface area contributed by atoms with Crippen molar-refractivity contribution in [3.05, 3.63) is 23.3 Å². The number of aryl methyl sites for hydroxylation is 1. The minimum atomic E-state index is -4.23. The van der Waals surface area contributed by atoms with Gasteiger partial charge in [-0.2, -0.15) is 14.0 Å². The summed E-state index contributed by atoms with van der Waals surface area (Å²) < 4.78 is 50.9. The molecule has 0 atom stereocenters. The minimum absolute atomic E-state index is 0.0669. The van der Waals surface area contributed by atoms with Gasteiger partial charge in [0.15, 0.2) is 0 Å². The molecule has 4 nitrogen and oxygen atoms in total. The molecule has 0 heterocycles. The molecular weight excluding hydrogens is 288 g/mol. The fraction of sp³-hybridized carbons (Fsp3) is 0.300. The highest BCUT2D eigenvalue weighted by molar-refractivity contribution is 8.13. The maximum atomic E-state index is 12.2. The van der Waals surface area contributed by atoms with Crippen molar-refractivity contribution in [3.63, 3.8) is 0 Å². The Morgan fingerprint density at radius 2 is 2.11 bits per heavy atom. The summed E-state index contributed by atoms with van der Waals surface area (Å²) in [7, 11) is 0.904. The molecule has 0 bridgehead atoms. The number of halogens is 3. The molecule has 0 saturated heterocycles. The van der Waals surface area contributed by atoms with E-state index in [0.29, 0.717) is 12.0 Å². The first-order chi connectivity index (χ1) is 8.29. The molecule has 0 radical (unpaired) electrons. The van der Waals surface area contributed by atoms with Crippen LogP contribution in [-0.2, 0) is 15.5 Å². The highest BCUT2D eigenvalue weighted by atomic mass is 35.7. The van der Waals surface area contributed by atoms with Crippen molar-refractivity contribution in [1.29, 1.82) is 5.26 Å². The van der Waals surface area contributed by atoms with Crippen LogP contribution in [0.3, 0.4) is 0 Å². The van der Waals surface area contributed by atoms with Gasteiger partial charge < -0.3 is 4.74 Å². The van der Waals surface area contributed by atoms with Crippen molar-refractivity contribution in [3.8, 4) is 11.8 Å². The van der Waals surface area contributed by atoms with E-state index in [0.717, 1.165) is 12.1 Å². The summed E-state index contributed by atoms with van der Waals surface area (Å²) >= 11 is 0. The van der Waals surface area contributed by atoms with E-state index in [1.165, 1.54) is 0 Å². The van der Waals surface area contributed by atoms with E-state index in [1.54, 1.807) is 13.0 Å². The molecular formula is C10H8ClF2NO3S. The van der Waals surface area contributed by atoms with Crippen LogP contribution in [0.15, 0.2) is 17.0 Å². The van der Waals surface area contributed by atoms with Gasteiger partial charge in [-0.3, -0.25) is 0 Å². The second kappa shape index (κ2) is 5.50. The molecule has 0 spiro atoms. The van der Waals surface area contributed by atoms with E-state index >= 15 is 0 Å². The molecule has 0 aliphatic rings. The highest BCUT2D eigenvalue weighted by Gasteiger charge is 2.22. The van der Waals surface area contributed by atoms with Gasteiger partial charge in [0.05, 0.1) is 11.6 Å². The van der Waals surface area contributed by atoms with Crippen LogP contribution in [-0.4, -0.2) is 15.0 Å². The molecule has 0 saturated carbocycles. The number of nitrogens with zero attached hydrogens (tertiary/aromatic N) is 1. The molecule has 0 fully saturated rings. The number of alkyl halides is 2. The fourth-order valence-corrected chi connectivity index (χ4v) is 2.37. The van der Waals surface area contributed by atoms with E-state index in [2.05, 4.69) is 4.74 Å². The van der Waals surface area contributed by atoms with E-state index in [9.17, 15) is 17.2 Å². The first-order valence-corrected chi connectivity index (χ1v) is 7.07. The smallest absolute Gasteiger partial charge is 0.387 e. The van der Waals surface area contributed by atoms with Gasteiger partial charge >= 0.3 is 6.61 Å². The Morgan fingerprint density at radius 1 is 1.50 bits per heavy atom. The second-order valence-electron chi connectivity index (χ2n) is 3.24. The normalized spacial score (nSPS) is 11.3. The quantitative estimate of drug-likeness (QED) is 0.801. The number of ether oxygens (including phenoxy) is 1. The second-order valence-corrected chi connectivity index (χ2v) is 5.77. The molecule has 0 aromatic heterocycles. The first kappa shape index (κ1) is 14.7. The van der Waals surface area contributed by atoms with Gasteiger partial charge in [0.1, 0.15) is 10.6 Å². The van der Waals surface area contributed by atoms with Crippen molar-refractivity contribution in [1.82, 2.24) is 0 Å². The molecule has 0 N–H and O–H groups in total. The lowest BCUT2D eigenvalue weighted by molar-refractivity contribution is -0.0517. The third kappa shape index (κ3) is 3.31. The van der Waals surface area contributed by atoms with Crippen LogP contribution in [0.1, 0.15) is 18.1 Å². The summed E-state index contributed by atoms with van der Waals surface area (Å²) in [5.74, 6) is -0.631. The Morgan fingerprint density at radius 3 is 2.50 bits per heavy atom. The topological polar surface area (TPSA) is 67.2 Å². The number of nitriles is 1. The van der Waals surface area contributed by atoms with Crippen molar-refractivity contribution in [2.45, 2.75) is 24.9 Å². The van der Waals surface area contributed by atoms with Crippen LogP contribution in [0.25, 0.3) is 0 Å². The van der Waals surface area contributed by atoms with E-state index < -0.39 is 26.3 Å². The van der Waals surface area contributed by atoms with Crippen LogP contribution >= 0.6 is 10.7 Å². The van der Waals surface area contributed by atoms with Crippen LogP contribution in [0, 0.1) is 11.3 Å². The van der Waals surface area contributed by atoms with Crippen LogP contribution < -0.4 is 4.74 Å². The predicted octanol–water partition coefficient (Wildman–Crippen LogP) is 2.65. The summed E-state index contributed by atoms with van der Waals surface area (Å²) in [5, 5.41) is 8.83. The van der Waals surface area contributed by atoms with Crippen LogP contribution in [0.5, 0.6) is 5.75 Å². The maximum absolute atomic E-state index is 12.2. The summed E-state index contributed by atoms with van der Waals surface area (Å²) in [6, 6.07) is 3.79. The summed E-state index contributed by atoms with van der Waals surface area (Å²) in [5.41, 5.74) is 0.454. The molecule has 1 aromatic carbocycles. The van der Waals surface area contributed by atoms with Crippen molar-refractivity contribution in [2.24, 2.45) is 0 Å². The molecule has 18 heavy (non-hydrogen) atoms. The van der Waals surface area contributed by atoms with Gasteiger partial charge in [0.2, 0.25) is 0 Å². The predicted molar refractivity (Wildman–Crippen MR) is 60.2 cm³/mol. The maximum Gasteiger partial charge on any atom is 0.387 e. The lowest BCUT2D eigenvalue weighted by atomic mass is 10.1. The molecule has 1 rings (SSSR count).